The average Bonchev–Trinajstić information content (AvgIpc) is 2.42. The van der Waals surface area contributed by atoms with Crippen molar-refractivity contribution in [2.75, 3.05) is 19.8 Å². The Morgan fingerprint density at radius 1 is 1.50 bits per heavy atom. The van der Waals surface area contributed by atoms with Gasteiger partial charge in [-0.1, -0.05) is 6.07 Å². The van der Waals surface area contributed by atoms with Gasteiger partial charge in [0, 0.05) is 12.6 Å². The normalized spacial score (nSPS) is 24.8. The molecule has 0 saturated carbocycles. The van der Waals surface area contributed by atoms with Gasteiger partial charge in [0.25, 0.3) is 0 Å². The molecular weight excluding hydrogens is 285 g/mol. The lowest BCUT2D eigenvalue weighted by molar-refractivity contribution is -0.0516. The van der Waals surface area contributed by atoms with Gasteiger partial charge in [-0.3, -0.25) is 0 Å². The van der Waals surface area contributed by atoms with Gasteiger partial charge in [-0.15, -0.1) is 0 Å². The molecule has 20 heavy (non-hydrogen) atoms. The third kappa shape index (κ3) is 2.85. The number of aliphatic hydroxyl groups is 1. The van der Waals surface area contributed by atoms with Crippen LogP contribution in [0.15, 0.2) is 23.1 Å². The van der Waals surface area contributed by atoms with E-state index < -0.39 is 21.9 Å². The van der Waals surface area contributed by atoms with Gasteiger partial charge >= 0.3 is 0 Å². The molecule has 5 nitrogen and oxygen atoms in total. The predicted molar refractivity (Wildman–Crippen MR) is 71.3 cm³/mol. The molecule has 1 aromatic carbocycles. The van der Waals surface area contributed by atoms with Crippen LogP contribution in [0.4, 0.5) is 4.39 Å². The molecule has 2 atom stereocenters. The Bertz CT molecular complexity index is 590. The summed E-state index contributed by atoms with van der Waals surface area (Å²) in [5, 5.41) is 9.11. The number of nitrogens with zero attached hydrogens (tertiary/aromatic N) is 1. The minimum Gasteiger partial charge on any atom is -0.394 e. The second-order valence-corrected chi connectivity index (χ2v) is 6.86. The van der Waals surface area contributed by atoms with E-state index in [9.17, 15) is 12.8 Å². The van der Waals surface area contributed by atoms with Gasteiger partial charge in [0.2, 0.25) is 10.0 Å². The van der Waals surface area contributed by atoms with E-state index in [-0.39, 0.29) is 30.7 Å². The van der Waals surface area contributed by atoms with Crippen LogP contribution in [0, 0.1) is 12.7 Å². The second-order valence-electron chi connectivity index (χ2n) is 4.97. The zero-order valence-electron chi connectivity index (χ0n) is 11.4. The Kier molecular flexibility index (Phi) is 4.43. The van der Waals surface area contributed by atoms with Gasteiger partial charge in [-0.25, -0.2) is 12.8 Å². The topological polar surface area (TPSA) is 66.8 Å². The fourth-order valence-electron chi connectivity index (χ4n) is 2.11. The molecule has 2 rings (SSSR count). The van der Waals surface area contributed by atoms with E-state index >= 15 is 0 Å². The van der Waals surface area contributed by atoms with Gasteiger partial charge in [0.15, 0.2) is 0 Å². The SMILES string of the molecule is Cc1ccc(S(=O)(=O)N2CC(CO)OCC2C)cc1F. The molecule has 1 heterocycles. The fraction of sp³-hybridized carbons (Fsp3) is 0.538. The van der Waals surface area contributed by atoms with Crippen molar-refractivity contribution in [2.24, 2.45) is 0 Å². The van der Waals surface area contributed by atoms with Gasteiger partial charge in [-0.05, 0) is 31.5 Å². The number of halogens is 1. The van der Waals surface area contributed by atoms with Crippen LogP contribution >= 0.6 is 0 Å². The number of hydrogen-bond acceptors (Lipinski definition) is 4. The number of hydrogen-bond donors (Lipinski definition) is 1. The lowest BCUT2D eigenvalue weighted by atomic mass is 10.2. The van der Waals surface area contributed by atoms with Crippen molar-refractivity contribution in [3.8, 4) is 0 Å². The predicted octanol–water partition coefficient (Wildman–Crippen LogP) is 0.904. The first-order valence-corrected chi connectivity index (χ1v) is 7.80. The van der Waals surface area contributed by atoms with Crippen molar-refractivity contribution >= 4 is 10.0 Å². The summed E-state index contributed by atoms with van der Waals surface area (Å²) in [5.74, 6) is -0.550. The van der Waals surface area contributed by atoms with Crippen molar-refractivity contribution in [1.82, 2.24) is 4.31 Å². The van der Waals surface area contributed by atoms with Crippen molar-refractivity contribution in [3.63, 3.8) is 0 Å². The van der Waals surface area contributed by atoms with Crippen LogP contribution in [0.2, 0.25) is 0 Å². The van der Waals surface area contributed by atoms with Gasteiger partial charge in [0.05, 0.1) is 24.2 Å². The quantitative estimate of drug-likeness (QED) is 0.901. The number of aliphatic hydroxyl groups excluding tert-OH is 1. The molecule has 1 aromatic rings. The number of rotatable bonds is 3. The van der Waals surface area contributed by atoms with Gasteiger partial charge in [-0.2, -0.15) is 4.31 Å². The fourth-order valence-corrected chi connectivity index (χ4v) is 3.77. The highest BCUT2D eigenvalue weighted by Gasteiger charge is 2.35. The standard InChI is InChI=1S/C13H18FNO4S/c1-9-3-4-12(5-13(9)14)20(17,18)15-6-11(7-16)19-8-10(15)2/h3-5,10-11,16H,6-8H2,1-2H3. The third-order valence-corrected chi connectivity index (χ3v) is 5.38. The maximum Gasteiger partial charge on any atom is 0.243 e. The summed E-state index contributed by atoms with van der Waals surface area (Å²) in [6.07, 6.45) is -0.545. The number of benzene rings is 1. The van der Waals surface area contributed by atoms with E-state index in [0.29, 0.717) is 5.56 Å². The van der Waals surface area contributed by atoms with Crippen molar-refractivity contribution in [1.29, 1.82) is 0 Å². The molecule has 0 spiro atoms. The highest BCUT2D eigenvalue weighted by Crippen LogP contribution is 2.23. The van der Waals surface area contributed by atoms with E-state index in [1.807, 2.05) is 0 Å². The first kappa shape index (κ1) is 15.4. The van der Waals surface area contributed by atoms with Gasteiger partial charge < -0.3 is 9.84 Å². The zero-order valence-corrected chi connectivity index (χ0v) is 12.2. The van der Waals surface area contributed by atoms with Crippen LogP contribution in [0.3, 0.4) is 0 Å². The molecule has 0 amide bonds. The molecule has 1 fully saturated rings. The third-order valence-electron chi connectivity index (χ3n) is 3.40. The maximum atomic E-state index is 13.6. The highest BCUT2D eigenvalue weighted by atomic mass is 32.2. The highest BCUT2D eigenvalue weighted by molar-refractivity contribution is 7.89. The smallest absolute Gasteiger partial charge is 0.243 e. The largest absolute Gasteiger partial charge is 0.394 e. The first-order valence-electron chi connectivity index (χ1n) is 6.36. The molecule has 1 N–H and O–H groups in total. The van der Waals surface area contributed by atoms with E-state index in [2.05, 4.69) is 0 Å². The summed E-state index contributed by atoms with van der Waals surface area (Å²) in [4.78, 5) is -0.0777. The minimum absolute atomic E-state index is 0.0650. The lowest BCUT2D eigenvalue weighted by Gasteiger charge is -2.36. The lowest BCUT2D eigenvalue weighted by Crippen LogP contribution is -2.51. The summed E-state index contributed by atoms with van der Waals surface area (Å²) in [5.41, 5.74) is 0.396. The molecular formula is C13H18FNO4S. The molecule has 2 unspecified atom stereocenters. The Labute approximate surface area is 118 Å². The molecule has 1 aliphatic rings. The Morgan fingerprint density at radius 2 is 2.20 bits per heavy atom. The van der Waals surface area contributed by atoms with Crippen LogP contribution in [-0.2, 0) is 14.8 Å². The van der Waals surface area contributed by atoms with Crippen LogP contribution in [-0.4, -0.2) is 49.7 Å². The number of sulfonamides is 1. The van der Waals surface area contributed by atoms with Crippen LogP contribution < -0.4 is 0 Å². The molecule has 0 bridgehead atoms. The summed E-state index contributed by atoms with van der Waals surface area (Å²) >= 11 is 0. The summed E-state index contributed by atoms with van der Waals surface area (Å²) in [7, 11) is -3.79. The molecule has 0 aliphatic carbocycles. The maximum absolute atomic E-state index is 13.6. The number of morpholine rings is 1. The van der Waals surface area contributed by atoms with Crippen molar-refractivity contribution < 1.29 is 22.7 Å². The van der Waals surface area contributed by atoms with E-state index in [1.165, 1.54) is 16.4 Å². The number of aryl methyl sites for hydroxylation is 1. The summed E-state index contributed by atoms with van der Waals surface area (Å²) < 4.78 is 45.2. The van der Waals surface area contributed by atoms with Crippen molar-refractivity contribution in [3.05, 3.63) is 29.6 Å². The number of ether oxygens (including phenoxy) is 1. The molecule has 0 aromatic heterocycles. The molecule has 1 aliphatic heterocycles. The Hall–Kier alpha value is -1.02. The zero-order chi connectivity index (χ0) is 14.9. The van der Waals surface area contributed by atoms with Crippen molar-refractivity contribution in [2.45, 2.75) is 30.9 Å². The molecule has 7 heteroatoms. The Balaban J connectivity index is 2.35. The van der Waals surface area contributed by atoms with Crippen LogP contribution in [0.1, 0.15) is 12.5 Å². The van der Waals surface area contributed by atoms with Crippen LogP contribution in [0.25, 0.3) is 0 Å². The molecule has 0 radical (unpaired) electrons. The Morgan fingerprint density at radius 3 is 2.80 bits per heavy atom. The summed E-state index contributed by atoms with van der Waals surface area (Å²) in [6.45, 7) is 3.32. The second kappa shape index (κ2) is 5.77. The van der Waals surface area contributed by atoms with E-state index in [4.69, 9.17) is 9.84 Å². The minimum atomic E-state index is -3.79. The van der Waals surface area contributed by atoms with Crippen LogP contribution in [0.5, 0.6) is 0 Å². The monoisotopic (exact) mass is 303 g/mol. The average molecular weight is 303 g/mol. The van der Waals surface area contributed by atoms with Gasteiger partial charge in [0.1, 0.15) is 5.82 Å². The van der Waals surface area contributed by atoms with E-state index in [0.717, 1.165) is 6.07 Å². The summed E-state index contributed by atoms with van der Waals surface area (Å²) in [6, 6.07) is 3.51. The first-order chi connectivity index (χ1) is 9.36. The molecule has 112 valence electrons. The molecule has 1 saturated heterocycles. The van der Waals surface area contributed by atoms with E-state index in [1.54, 1.807) is 13.8 Å².